The molecule has 1 aliphatic heterocycles. The van der Waals surface area contributed by atoms with E-state index < -0.39 is 57.8 Å². The molecule has 3 rings (SSSR count). The van der Waals surface area contributed by atoms with Crippen molar-refractivity contribution in [3.8, 4) is 5.75 Å². The average molecular weight is 654 g/mol. The van der Waals surface area contributed by atoms with E-state index in [1.165, 1.54) is 37.3 Å². The largest absolute Gasteiger partial charge is 0.488 e. The number of nitrogens with zero attached hydrogens (tertiary/aromatic N) is 1. The maximum atomic E-state index is 14.0. The van der Waals surface area contributed by atoms with Gasteiger partial charge in [-0.05, 0) is 44.0 Å². The van der Waals surface area contributed by atoms with Crippen LogP contribution >= 0.6 is 0 Å². The zero-order valence-corrected chi connectivity index (χ0v) is 25.2. The molecule has 2 aromatic rings. The molecule has 0 radical (unpaired) electrons. The number of nitro benzene ring substituents is 1. The number of aliphatic hydroxyl groups excluding tert-OH is 1. The van der Waals surface area contributed by atoms with Crippen LogP contribution in [0.1, 0.15) is 44.1 Å². The zero-order valence-electron chi connectivity index (χ0n) is 25.2. The number of carbonyl (C=O) groups excluding carboxylic acids is 2. The van der Waals surface area contributed by atoms with Crippen LogP contribution in [-0.4, -0.2) is 67.7 Å². The third-order valence-corrected chi connectivity index (χ3v) is 7.02. The van der Waals surface area contributed by atoms with Crippen LogP contribution in [0.4, 0.5) is 23.2 Å². The Kier molecular flexibility index (Phi) is 13.1. The lowest BCUT2D eigenvalue weighted by atomic mass is 9.80. The van der Waals surface area contributed by atoms with E-state index in [0.717, 1.165) is 32.1 Å². The molecule has 11 nitrogen and oxygen atoms in total. The second-order valence-corrected chi connectivity index (χ2v) is 10.4. The predicted molar refractivity (Wildman–Crippen MR) is 157 cm³/mol. The van der Waals surface area contributed by atoms with Crippen molar-refractivity contribution in [2.45, 2.75) is 50.8 Å². The van der Waals surface area contributed by atoms with Crippen molar-refractivity contribution in [2.24, 2.45) is 0 Å². The van der Waals surface area contributed by atoms with Gasteiger partial charge in [-0.1, -0.05) is 37.1 Å². The number of hydrogen-bond acceptors (Lipinski definition) is 10. The van der Waals surface area contributed by atoms with Crippen LogP contribution in [0.15, 0.2) is 71.1 Å². The van der Waals surface area contributed by atoms with Gasteiger partial charge in [0.05, 0.1) is 35.7 Å². The highest BCUT2D eigenvalue weighted by atomic mass is 19.4. The number of halogens is 4. The quantitative estimate of drug-likeness (QED) is 0.0757. The number of non-ortho nitro benzene ring substituents is 1. The van der Waals surface area contributed by atoms with Gasteiger partial charge in [0.15, 0.2) is 11.6 Å². The topological polar surface area (TPSA) is 149 Å². The van der Waals surface area contributed by atoms with Crippen LogP contribution < -0.4 is 15.4 Å². The predicted octanol–water partition coefficient (Wildman–Crippen LogP) is 4.82. The van der Waals surface area contributed by atoms with E-state index in [-0.39, 0.29) is 42.3 Å². The van der Waals surface area contributed by atoms with E-state index in [4.69, 9.17) is 9.47 Å². The first kappa shape index (κ1) is 36.0. The molecule has 46 heavy (non-hydrogen) atoms. The van der Waals surface area contributed by atoms with Crippen molar-refractivity contribution in [2.75, 3.05) is 33.4 Å². The standard InChI is InChI=1S/C31H35F4N3O8/c1-19-25(26(20-10-9-11-21(16-20)38(42)43)27(29(40)44-2)28(37-19)31(33,34)35)30(41)45-15-8-4-3-7-14-36-17-22(39)18-46-24-13-6-5-12-23(24)32/h5-6,9-13,16,22,26,36-37,39H,3-4,7-8,14-15,17-18H2,1-2H3. The molecule has 2 unspecified atom stereocenters. The number of nitro groups is 1. The zero-order chi connectivity index (χ0) is 33.9. The summed E-state index contributed by atoms with van der Waals surface area (Å²) in [5.41, 5.74) is -3.45. The minimum atomic E-state index is -5.04. The number of benzene rings is 2. The smallest absolute Gasteiger partial charge is 0.431 e. The first-order valence-electron chi connectivity index (χ1n) is 14.4. The van der Waals surface area contributed by atoms with Crippen LogP contribution in [0.5, 0.6) is 5.75 Å². The Balaban J connectivity index is 1.55. The number of rotatable bonds is 16. The molecule has 1 aliphatic rings. The summed E-state index contributed by atoms with van der Waals surface area (Å²) in [5, 5.41) is 26.6. The molecule has 0 aliphatic carbocycles. The summed E-state index contributed by atoms with van der Waals surface area (Å²) in [6.07, 6.45) is -3.36. The second kappa shape index (κ2) is 16.7. The van der Waals surface area contributed by atoms with E-state index in [0.29, 0.717) is 19.4 Å². The van der Waals surface area contributed by atoms with Gasteiger partial charge in [0.1, 0.15) is 18.4 Å². The third-order valence-electron chi connectivity index (χ3n) is 7.02. The Morgan fingerprint density at radius 2 is 1.78 bits per heavy atom. The minimum Gasteiger partial charge on any atom is -0.488 e. The number of dihydropyridines is 1. The Morgan fingerprint density at radius 3 is 2.46 bits per heavy atom. The van der Waals surface area contributed by atoms with Gasteiger partial charge < -0.3 is 30.0 Å². The van der Waals surface area contributed by atoms with Crippen molar-refractivity contribution >= 4 is 17.6 Å². The Morgan fingerprint density at radius 1 is 1.07 bits per heavy atom. The summed E-state index contributed by atoms with van der Waals surface area (Å²) < 4.78 is 70.9. The monoisotopic (exact) mass is 653 g/mol. The average Bonchev–Trinajstić information content (AvgIpc) is 3.02. The first-order valence-corrected chi connectivity index (χ1v) is 14.4. The lowest BCUT2D eigenvalue weighted by molar-refractivity contribution is -0.384. The van der Waals surface area contributed by atoms with Gasteiger partial charge in [-0.25, -0.2) is 14.0 Å². The Bertz CT molecular complexity index is 1460. The molecular weight excluding hydrogens is 618 g/mol. The Hall–Kier alpha value is -4.50. The molecule has 0 bridgehead atoms. The van der Waals surface area contributed by atoms with E-state index in [2.05, 4.69) is 15.4 Å². The highest BCUT2D eigenvalue weighted by Gasteiger charge is 2.47. The van der Waals surface area contributed by atoms with Crippen molar-refractivity contribution in [3.05, 3.63) is 92.6 Å². The number of carbonyl (C=O) groups is 2. The van der Waals surface area contributed by atoms with E-state index in [9.17, 15) is 42.4 Å². The van der Waals surface area contributed by atoms with Crippen molar-refractivity contribution in [1.29, 1.82) is 0 Å². The summed E-state index contributed by atoms with van der Waals surface area (Å²) in [6.45, 7) is 1.87. The van der Waals surface area contributed by atoms with Gasteiger partial charge in [0.2, 0.25) is 0 Å². The summed E-state index contributed by atoms with van der Waals surface area (Å²) in [7, 11) is 0.886. The molecule has 15 heteroatoms. The lowest BCUT2D eigenvalue weighted by Gasteiger charge is -2.31. The molecule has 0 saturated heterocycles. The maximum absolute atomic E-state index is 14.0. The summed E-state index contributed by atoms with van der Waals surface area (Å²) >= 11 is 0. The van der Waals surface area contributed by atoms with E-state index in [1.54, 1.807) is 6.07 Å². The SMILES string of the molecule is COC(=O)C1=C(C(F)(F)F)NC(C)=C(C(=O)OCCCCCCNCC(O)COc2ccccc2F)C1c1cccc([N+](=O)[O-])c1. The molecular formula is C31H35F4N3O8. The van der Waals surface area contributed by atoms with Crippen molar-refractivity contribution in [1.82, 2.24) is 10.6 Å². The number of para-hydroxylation sites is 1. The minimum absolute atomic E-state index is 0.0550. The fourth-order valence-corrected chi connectivity index (χ4v) is 4.83. The normalized spacial score (nSPS) is 15.7. The summed E-state index contributed by atoms with van der Waals surface area (Å²) in [6, 6.07) is 10.5. The number of methoxy groups -OCH3 is 1. The molecule has 1 heterocycles. The molecule has 0 fully saturated rings. The fraction of sp³-hybridized carbons (Fsp3) is 0.419. The molecule has 0 aromatic heterocycles. The van der Waals surface area contributed by atoms with Gasteiger partial charge in [0.25, 0.3) is 5.69 Å². The number of hydrogen-bond donors (Lipinski definition) is 3. The van der Waals surface area contributed by atoms with Crippen molar-refractivity contribution < 1.29 is 51.4 Å². The number of esters is 2. The molecule has 0 amide bonds. The van der Waals surface area contributed by atoms with Crippen LogP contribution in [0.25, 0.3) is 0 Å². The number of nitrogens with one attached hydrogen (secondary N) is 2. The molecule has 3 N–H and O–H groups in total. The maximum Gasteiger partial charge on any atom is 0.431 e. The Labute approximate surface area is 262 Å². The number of unbranched alkanes of at least 4 members (excludes halogenated alkanes) is 3. The highest BCUT2D eigenvalue weighted by molar-refractivity contribution is 6.00. The fourth-order valence-electron chi connectivity index (χ4n) is 4.83. The number of alkyl halides is 3. The lowest BCUT2D eigenvalue weighted by Crippen LogP contribution is -2.38. The van der Waals surface area contributed by atoms with Gasteiger partial charge in [0, 0.05) is 24.4 Å². The highest BCUT2D eigenvalue weighted by Crippen LogP contribution is 2.44. The molecule has 250 valence electrons. The molecule has 0 spiro atoms. The molecule has 2 aromatic carbocycles. The first-order chi connectivity index (χ1) is 21.8. The molecule has 2 atom stereocenters. The van der Waals surface area contributed by atoms with Crippen LogP contribution in [0.3, 0.4) is 0 Å². The van der Waals surface area contributed by atoms with Gasteiger partial charge in [-0.15, -0.1) is 0 Å². The summed E-state index contributed by atoms with van der Waals surface area (Å²) in [4.78, 5) is 36.6. The van der Waals surface area contributed by atoms with Gasteiger partial charge in [-0.2, -0.15) is 13.2 Å². The molecule has 0 saturated carbocycles. The number of allylic oxidation sites excluding steroid dienone is 2. The van der Waals surface area contributed by atoms with Crippen LogP contribution in [-0.2, 0) is 19.1 Å². The third kappa shape index (κ3) is 9.75. The summed E-state index contributed by atoms with van der Waals surface area (Å²) in [5.74, 6) is -4.47. The van der Waals surface area contributed by atoms with Gasteiger partial charge >= 0.3 is 18.1 Å². The van der Waals surface area contributed by atoms with Gasteiger partial charge in [-0.3, -0.25) is 10.1 Å². The van der Waals surface area contributed by atoms with E-state index in [1.807, 2.05) is 0 Å². The number of ether oxygens (including phenoxy) is 3. The van der Waals surface area contributed by atoms with E-state index >= 15 is 0 Å². The van der Waals surface area contributed by atoms with Crippen molar-refractivity contribution in [3.63, 3.8) is 0 Å². The van der Waals surface area contributed by atoms with Crippen LogP contribution in [0, 0.1) is 15.9 Å². The second-order valence-electron chi connectivity index (χ2n) is 10.4. The van der Waals surface area contributed by atoms with Crippen LogP contribution in [0.2, 0.25) is 0 Å². The number of aliphatic hydroxyl groups is 1.